The molecular weight excluding hydrogens is 424 g/mol. The predicted molar refractivity (Wildman–Crippen MR) is 121 cm³/mol. The Balaban J connectivity index is 1.30. The maximum atomic E-state index is 12.8. The number of cyclic esters (lactones) is 1. The SMILES string of the molecule is CC1(C)OC2=C(O1)[C@@]1(C)C(=CC2=O)CC[C@@H]2[C@@H]1CC[C@]1(C)[C@H](SC3CCOC3=O)CC[C@@H]21. The maximum Gasteiger partial charge on any atom is 0.319 e. The van der Waals surface area contributed by atoms with Crippen LogP contribution in [0.25, 0.3) is 0 Å². The molecule has 0 aromatic rings. The molecule has 1 saturated heterocycles. The minimum atomic E-state index is -0.784. The number of rotatable bonds is 2. The molecule has 0 bridgehead atoms. The Morgan fingerprint density at radius 1 is 0.969 bits per heavy atom. The van der Waals surface area contributed by atoms with Crippen LogP contribution >= 0.6 is 11.8 Å². The van der Waals surface area contributed by atoms with Gasteiger partial charge < -0.3 is 14.2 Å². The van der Waals surface area contributed by atoms with Crippen molar-refractivity contribution in [2.45, 2.75) is 88.9 Å². The first-order valence-electron chi connectivity index (χ1n) is 12.3. The van der Waals surface area contributed by atoms with E-state index in [0.717, 1.165) is 31.4 Å². The molecule has 6 rings (SSSR count). The standard InChI is InChI=1S/C26H34O5S/c1-24(2)30-21-18(27)13-14-5-6-15-16-7-8-20(32-19-10-12-29-23(19)28)25(16,3)11-9-17(15)26(14,4)22(21)31-24/h13,15-17,19-20H,5-12H2,1-4H3/t15-,16-,17-,19?,20+,25-,26-/m0/s1. The van der Waals surface area contributed by atoms with E-state index in [1.165, 1.54) is 24.8 Å². The van der Waals surface area contributed by atoms with E-state index in [2.05, 4.69) is 13.8 Å². The summed E-state index contributed by atoms with van der Waals surface area (Å²) in [6, 6.07) is 0. The van der Waals surface area contributed by atoms with Crippen molar-refractivity contribution < 1.29 is 23.8 Å². The lowest BCUT2D eigenvalue weighted by Crippen LogP contribution is -2.52. The average Bonchev–Trinajstić information content (AvgIpc) is 3.39. The van der Waals surface area contributed by atoms with E-state index < -0.39 is 5.79 Å². The van der Waals surface area contributed by atoms with Crippen LogP contribution in [-0.4, -0.2) is 34.6 Å². The highest BCUT2D eigenvalue weighted by Crippen LogP contribution is 2.68. The summed E-state index contributed by atoms with van der Waals surface area (Å²) in [6.45, 7) is 9.16. The molecule has 6 aliphatic rings. The lowest BCUT2D eigenvalue weighted by atomic mass is 9.48. The van der Waals surface area contributed by atoms with Crippen molar-refractivity contribution in [2.75, 3.05) is 6.61 Å². The third-order valence-corrected chi connectivity index (χ3v) is 11.5. The zero-order valence-corrected chi connectivity index (χ0v) is 20.4. The smallest absolute Gasteiger partial charge is 0.319 e. The second-order valence-corrected chi connectivity index (χ2v) is 13.0. The number of fused-ring (bicyclic) bond motifs is 6. The van der Waals surface area contributed by atoms with Crippen LogP contribution in [0, 0.1) is 28.6 Å². The highest BCUT2D eigenvalue weighted by atomic mass is 32.2. The fourth-order valence-corrected chi connectivity index (χ4v) is 9.75. The van der Waals surface area contributed by atoms with Gasteiger partial charge in [-0.1, -0.05) is 12.5 Å². The molecule has 4 fully saturated rings. The first-order chi connectivity index (χ1) is 15.1. The van der Waals surface area contributed by atoms with Crippen LogP contribution in [0.15, 0.2) is 23.2 Å². The molecule has 6 heteroatoms. The van der Waals surface area contributed by atoms with Gasteiger partial charge in [-0.15, -0.1) is 11.8 Å². The summed E-state index contributed by atoms with van der Waals surface area (Å²) < 4.78 is 17.6. The normalized spacial score (nSPS) is 46.4. The summed E-state index contributed by atoms with van der Waals surface area (Å²) in [7, 11) is 0. The molecule has 0 amide bonds. The second-order valence-electron chi connectivity index (χ2n) is 11.6. The van der Waals surface area contributed by atoms with Crippen molar-refractivity contribution in [1.82, 2.24) is 0 Å². The quantitative estimate of drug-likeness (QED) is 0.533. The Bertz CT molecular complexity index is 950. The second kappa shape index (κ2) is 6.80. The highest BCUT2D eigenvalue weighted by Gasteiger charge is 2.63. The van der Waals surface area contributed by atoms with Gasteiger partial charge in [-0.25, -0.2) is 0 Å². The number of carbonyl (C=O) groups excluding carboxylic acids is 2. The van der Waals surface area contributed by atoms with Crippen molar-refractivity contribution in [1.29, 1.82) is 0 Å². The topological polar surface area (TPSA) is 61.8 Å². The van der Waals surface area contributed by atoms with Crippen LogP contribution in [0.5, 0.6) is 0 Å². The van der Waals surface area contributed by atoms with Crippen LogP contribution in [0.3, 0.4) is 0 Å². The Hall–Kier alpha value is -1.43. The van der Waals surface area contributed by atoms with Crippen LogP contribution in [0.4, 0.5) is 0 Å². The maximum absolute atomic E-state index is 12.8. The number of ether oxygens (including phenoxy) is 3. The third kappa shape index (κ3) is 2.77. The molecule has 4 aliphatic carbocycles. The van der Waals surface area contributed by atoms with Crippen LogP contribution < -0.4 is 0 Å². The number of ketones is 1. The molecule has 5 nitrogen and oxygen atoms in total. The molecule has 7 atom stereocenters. The molecule has 0 radical (unpaired) electrons. The van der Waals surface area contributed by atoms with Gasteiger partial charge in [-0.3, -0.25) is 9.59 Å². The Labute approximate surface area is 194 Å². The molecule has 0 aromatic heterocycles. The Kier molecular flexibility index (Phi) is 4.49. The van der Waals surface area contributed by atoms with E-state index in [4.69, 9.17) is 14.2 Å². The van der Waals surface area contributed by atoms with Crippen LogP contribution in [0.1, 0.15) is 72.6 Å². The van der Waals surface area contributed by atoms with E-state index in [9.17, 15) is 9.59 Å². The molecule has 2 aliphatic heterocycles. The number of hydrogen-bond donors (Lipinski definition) is 0. The zero-order valence-electron chi connectivity index (χ0n) is 19.6. The van der Waals surface area contributed by atoms with Gasteiger partial charge in [0.05, 0.1) is 12.0 Å². The first kappa shape index (κ1) is 21.1. The fraction of sp³-hybridized carbons (Fsp3) is 0.769. The van der Waals surface area contributed by atoms with Crippen LogP contribution in [0.2, 0.25) is 0 Å². The minimum absolute atomic E-state index is 0.0111. The number of esters is 1. The van der Waals surface area contributed by atoms with Gasteiger partial charge in [0, 0.05) is 25.5 Å². The monoisotopic (exact) mass is 458 g/mol. The fourth-order valence-electron chi connectivity index (χ4n) is 8.07. The van der Waals surface area contributed by atoms with E-state index in [1.807, 2.05) is 31.7 Å². The van der Waals surface area contributed by atoms with Crippen molar-refractivity contribution >= 4 is 23.5 Å². The van der Waals surface area contributed by atoms with Gasteiger partial charge >= 0.3 is 5.97 Å². The Morgan fingerprint density at radius 2 is 1.78 bits per heavy atom. The molecule has 3 saturated carbocycles. The average molecular weight is 459 g/mol. The molecule has 2 heterocycles. The van der Waals surface area contributed by atoms with Crippen LogP contribution in [-0.2, 0) is 23.8 Å². The molecular formula is C26H34O5S. The lowest BCUT2D eigenvalue weighted by Gasteiger charge is -2.57. The Morgan fingerprint density at radius 3 is 2.53 bits per heavy atom. The number of carbonyl (C=O) groups is 2. The van der Waals surface area contributed by atoms with Gasteiger partial charge in [-0.2, -0.15) is 0 Å². The molecule has 0 aromatic carbocycles. The van der Waals surface area contributed by atoms with E-state index in [0.29, 0.717) is 35.4 Å². The molecule has 0 N–H and O–H groups in total. The lowest BCUT2D eigenvalue weighted by molar-refractivity contribution is -0.141. The van der Waals surface area contributed by atoms with Gasteiger partial charge in [-0.05, 0) is 74.7 Å². The minimum Gasteiger partial charge on any atom is -0.465 e. The predicted octanol–water partition coefficient (Wildman–Crippen LogP) is 5.15. The number of allylic oxidation sites excluding steroid dienone is 2. The molecule has 32 heavy (non-hydrogen) atoms. The molecule has 0 spiro atoms. The zero-order chi connectivity index (χ0) is 22.5. The number of hydrogen-bond acceptors (Lipinski definition) is 6. The van der Waals surface area contributed by atoms with Gasteiger partial charge in [0.25, 0.3) is 0 Å². The third-order valence-electron chi connectivity index (χ3n) is 9.62. The summed E-state index contributed by atoms with van der Waals surface area (Å²) >= 11 is 1.90. The summed E-state index contributed by atoms with van der Waals surface area (Å²) in [5.74, 6) is 2.15. The van der Waals surface area contributed by atoms with Crippen molar-refractivity contribution in [3.8, 4) is 0 Å². The van der Waals surface area contributed by atoms with E-state index in [-0.39, 0.29) is 27.8 Å². The summed E-state index contributed by atoms with van der Waals surface area (Å²) in [5.41, 5.74) is 1.26. The summed E-state index contributed by atoms with van der Waals surface area (Å²) in [5, 5.41) is 0.552. The summed E-state index contributed by atoms with van der Waals surface area (Å²) in [6.07, 6.45) is 9.55. The van der Waals surface area contributed by atoms with E-state index in [1.54, 1.807) is 0 Å². The summed E-state index contributed by atoms with van der Waals surface area (Å²) in [4.78, 5) is 24.9. The van der Waals surface area contributed by atoms with Crippen molar-refractivity contribution in [3.63, 3.8) is 0 Å². The number of thioether (sulfide) groups is 1. The molecule has 174 valence electrons. The van der Waals surface area contributed by atoms with Crippen molar-refractivity contribution in [2.24, 2.45) is 28.6 Å². The largest absolute Gasteiger partial charge is 0.465 e. The van der Waals surface area contributed by atoms with E-state index >= 15 is 0 Å². The van der Waals surface area contributed by atoms with Gasteiger partial charge in [0.2, 0.25) is 17.3 Å². The van der Waals surface area contributed by atoms with Gasteiger partial charge in [0.15, 0.2) is 5.76 Å². The highest BCUT2D eigenvalue weighted by molar-refractivity contribution is 8.01. The van der Waals surface area contributed by atoms with Gasteiger partial charge in [0.1, 0.15) is 5.25 Å². The molecule has 1 unspecified atom stereocenters. The van der Waals surface area contributed by atoms with Crippen molar-refractivity contribution in [3.05, 3.63) is 23.2 Å². The first-order valence-corrected chi connectivity index (χ1v) is 13.3.